The molecule has 28 heavy (non-hydrogen) atoms. The van der Waals surface area contributed by atoms with Crippen LogP contribution in [0, 0.1) is 12.8 Å². The van der Waals surface area contributed by atoms with Gasteiger partial charge in [-0.3, -0.25) is 4.79 Å². The van der Waals surface area contributed by atoms with Crippen LogP contribution < -0.4 is 5.56 Å². The Morgan fingerprint density at radius 2 is 1.86 bits per heavy atom. The fourth-order valence-corrected chi connectivity index (χ4v) is 5.41. The van der Waals surface area contributed by atoms with E-state index < -0.39 is 0 Å². The number of rotatable bonds is 6. The molecule has 0 atom stereocenters. The van der Waals surface area contributed by atoms with Gasteiger partial charge in [0.1, 0.15) is 0 Å². The average molecular weight is 395 g/mol. The molecule has 2 aromatic rings. The topological polar surface area (TPSA) is 36.1 Å². The Labute approximate surface area is 172 Å². The van der Waals surface area contributed by atoms with Gasteiger partial charge in [-0.05, 0) is 56.0 Å². The molecule has 2 fully saturated rings. The molecule has 0 spiro atoms. The first-order valence-corrected chi connectivity index (χ1v) is 11.4. The van der Waals surface area contributed by atoms with Crippen molar-refractivity contribution in [3.8, 4) is 0 Å². The molecule has 1 saturated carbocycles. The number of allylic oxidation sites excluding steroid dienone is 1. The number of thioether (sulfide) groups is 1. The maximum absolute atomic E-state index is 12.2. The molecule has 4 heteroatoms. The molecular formula is C24H30N2OS. The summed E-state index contributed by atoms with van der Waals surface area (Å²) >= 11 is 1.98. The summed E-state index contributed by atoms with van der Waals surface area (Å²) in [6.07, 6.45) is 7.52. The Kier molecular flexibility index (Phi) is 6.07. The van der Waals surface area contributed by atoms with Crippen LogP contribution in [0.2, 0.25) is 0 Å². The van der Waals surface area contributed by atoms with E-state index in [2.05, 4.69) is 47.1 Å². The van der Waals surface area contributed by atoms with Gasteiger partial charge in [0.15, 0.2) is 0 Å². The van der Waals surface area contributed by atoms with E-state index in [1.807, 2.05) is 30.8 Å². The van der Waals surface area contributed by atoms with Crippen LogP contribution in [0.4, 0.5) is 0 Å². The van der Waals surface area contributed by atoms with Crippen molar-refractivity contribution in [3.05, 3.63) is 69.6 Å². The number of hydrogen-bond acceptors (Lipinski definition) is 3. The monoisotopic (exact) mass is 394 g/mol. The summed E-state index contributed by atoms with van der Waals surface area (Å²) in [7, 11) is 0. The quantitative estimate of drug-likeness (QED) is 0.740. The van der Waals surface area contributed by atoms with Gasteiger partial charge in [0.25, 0.3) is 5.56 Å². The number of likely N-dealkylation sites (tertiary alicyclic amines) is 1. The van der Waals surface area contributed by atoms with Gasteiger partial charge in [0.2, 0.25) is 0 Å². The van der Waals surface area contributed by atoms with E-state index in [0.717, 1.165) is 17.8 Å². The molecule has 1 aliphatic carbocycles. The molecule has 4 rings (SSSR count). The Morgan fingerprint density at radius 3 is 2.50 bits per heavy atom. The predicted octanol–water partition coefficient (Wildman–Crippen LogP) is 5.10. The molecule has 3 nitrogen and oxygen atoms in total. The molecule has 2 heterocycles. The summed E-state index contributed by atoms with van der Waals surface area (Å²) in [4.78, 5) is 19.1. The Balaban J connectivity index is 1.57. The SMILES string of the molecule is CCN1CC(Sc2ccc(/C(=C/C3CCCC3)c3ccc(C)c(=O)[nH]3)cc2)C1. The first-order chi connectivity index (χ1) is 13.6. The van der Waals surface area contributed by atoms with Crippen molar-refractivity contribution in [2.75, 3.05) is 19.6 Å². The van der Waals surface area contributed by atoms with E-state index in [1.165, 1.54) is 54.8 Å². The summed E-state index contributed by atoms with van der Waals surface area (Å²) < 4.78 is 0. The molecule has 1 saturated heterocycles. The maximum Gasteiger partial charge on any atom is 0.251 e. The zero-order chi connectivity index (χ0) is 19.5. The number of aromatic nitrogens is 1. The number of aryl methyl sites for hydroxylation is 1. The molecule has 1 N–H and O–H groups in total. The summed E-state index contributed by atoms with van der Waals surface area (Å²) in [6.45, 7) is 7.62. The largest absolute Gasteiger partial charge is 0.322 e. The average Bonchev–Trinajstić information content (AvgIpc) is 3.19. The second-order valence-corrected chi connectivity index (χ2v) is 9.50. The maximum atomic E-state index is 12.2. The normalized spacial score (nSPS) is 19.1. The third kappa shape index (κ3) is 4.44. The first-order valence-electron chi connectivity index (χ1n) is 10.5. The van der Waals surface area contributed by atoms with Crippen molar-refractivity contribution < 1.29 is 0 Å². The van der Waals surface area contributed by atoms with Crippen LogP contribution in [0.1, 0.15) is 49.4 Å². The summed E-state index contributed by atoms with van der Waals surface area (Å²) in [5, 5.41) is 0.716. The van der Waals surface area contributed by atoms with E-state index in [1.54, 1.807) is 0 Å². The lowest BCUT2D eigenvalue weighted by Crippen LogP contribution is -2.48. The third-order valence-electron chi connectivity index (χ3n) is 6.04. The highest BCUT2D eigenvalue weighted by molar-refractivity contribution is 8.00. The predicted molar refractivity (Wildman–Crippen MR) is 119 cm³/mol. The summed E-state index contributed by atoms with van der Waals surface area (Å²) in [6, 6.07) is 12.9. The smallest absolute Gasteiger partial charge is 0.251 e. The zero-order valence-electron chi connectivity index (χ0n) is 16.9. The van der Waals surface area contributed by atoms with Crippen molar-refractivity contribution >= 4 is 17.3 Å². The fourth-order valence-electron chi connectivity index (χ4n) is 4.17. The summed E-state index contributed by atoms with van der Waals surface area (Å²) in [5.41, 5.74) is 4.06. The Hall–Kier alpha value is -1.78. The second-order valence-electron chi connectivity index (χ2n) is 8.13. The van der Waals surface area contributed by atoms with E-state index >= 15 is 0 Å². The van der Waals surface area contributed by atoms with Crippen LogP contribution in [0.3, 0.4) is 0 Å². The molecule has 0 unspecified atom stereocenters. The van der Waals surface area contributed by atoms with Crippen molar-refractivity contribution in [3.63, 3.8) is 0 Å². The molecule has 1 aromatic heterocycles. The highest BCUT2D eigenvalue weighted by Gasteiger charge is 2.25. The Morgan fingerprint density at radius 1 is 1.14 bits per heavy atom. The number of pyridine rings is 1. The van der Waals surface area contributed by atoms with Crippen LogP contribution in [0.25, 0.3) is 5.57 Å². The van der Waals surface area contributed by atoms with Crippen molar-refractivity contribution in [1.82, 2.24) is 9.88 Å². The molecule has 148 valence electrons. The lowest BCUT2D eigenvalue weighted by molar-refractivity contribution is 0.201. The van der Waals surface area contributed by atoms with E-state index in [9.17, 15) is 4.79 Å². The minimum atomic E-state index is 0.00691. The van der Waals surface area contributed by atoms with Crippen molar-refractivity contribution in [1.29, 1.82) is 0 Å². The first kappa shape index (κ1) is 19.5. The highest BCUT2D eigenvalue weighted by Crippen LogP contribution is 2.34. The number of nitrogens with one attached hydrogen (secondary N) is 1. The highest BCUT2D eigenvalue weighted by atomic mass is 32.2. The van der Waals surface area contributed by atoms with Crippen LogP contribution in [0.15, 0.2) is 52.2 Å². The van der Waals surface area contributed by atoms with Crippen LogP contribution in [-0.2, 0) is 0 Å². The van der Waals surface area contributed by atoms with Gasteiger partial charge in [0, 0.05) is 40.1 Å². The standard InChI is InChI=1S/C24H30N2OS/c1-3-26-15-21(16-26)28-20-11-9-19(10-12-20)22(14-18-6-4-5-7-18)23-13-8-17(2)24(27)25-23/h8-14,18,21H,3-7,15-16H2,1-2H3,(H,25,27)/b22-14-. The summed E-state index contributed by atoms with van der Waals surface area (Å²) in [5.74, 6) is 0.615. The molecular weight excluding hydrogens is 364 g/mol. The number of H-pyrrole nitrogens is 1. The van der Waals surface area contributed by atoms with Crippen LogP contribution in [-0.4, -0.2) is 34.8 Å². The van der Waals surface area contributed by atoms with Gasteiger partial charge in [-0.2, -0.15) is 0 Å². The van der Waals surface area contributed by atoms with Crippen LogP contribution in [0.5, 0.6) is 0 Å². The number of aromatic amines is 1. The lowest BCUT2D eigenvalue weighted by atomic mass is 9.96. The lowest BCUT2D eigenvalue weighted by Gasteiger charge is -2.37. The van der Waals surface area contributed by atoms with Gasteiger partial charge in [0.05, 0.1) is 0 Å². The van der Waals surface area contributed by atoms with Gasteiger partial charge >= 0.3 is 0 Å². The van der Waals surface area contributed by atoms with Gasteiger partial charge < -0.3 is 9.88 Å². The van der Waals surface area contributed by atoms with Gasteiger partial charge in [-0.25, -0.2) is 0 Å². The third-order valence-corrected chi connectivity index (χ3v) is 7.21. The molecule has 0 bridgehead atoms. The van der Waals surface area contributed by atoms with Crippen LogP contribution >= 0.6 is 11.8 Å². The van der Waals surface area contributed by atoms with Gasteiger partial charge in [-0.15, -0.1) is 11.8 Å². The number of benzene rings is 1. The minimum absolute atomic E-state index is 0.00691. The molecule has 0 amide bonds. The van der Waals surface area contributed by atoms with E-state index in [-0.39, 0.29) is 5.56 Å². The molecule has 2 aliphatic rings. The number of nitrogens with zero attached hydrogens (tertiary/aromatic N) is 1. The number of hydrogen-bond donors (Lipinski definition) is 1. The fraction of sp³-hybridized carbons (Fsp3) is 0.458. The molecule has 1 aliphatic heterocycles. The van der Waals surface area contributed by atoms with Gasteiger partial charge in [-0.1, -0.05) is 44.0 Å². The van der Waals surface area contributed by atoms with Crippen molar-refractivity contribution in [2.45, 2.75) is 49.7 Å². The minimum Gasteiger partial charge on any atom is -0.322 e. The van der Waals surface area contributed by atoms with Crippen molar-refractivity contribution in [2.24, 2.45) is 5.92 Å². The molecule has 0 radical (unpaired) electrons. The molecule has 1 aromatic carbocycles. The Bertz CT molecular complexity index is 888. The van der Waals surface area contributed by atoms with E-state index in [0.29, 0.717) is 11.2 Å². The zero-order valence-corrected chi connectivity index (χ0v) is 17.7. The second kappa shape index (κ2) is 8.71. The van der Waals surface area contributed by atoms with E-state index in [4.69, 9.17) is 0 Å².